The summed E-state index contributed by atoms with van der Waals surface area (Å²) in [5.41, 5.74) is 1.67. The largest absolute Gasteiger partial charge is 0.326 e. The molecule has 1 atom stereocenters. The minimum Gasteiger partial charge on any atom is -0.326 e. The van der Waals surface area contributed by atoms with Gasteiger partial charge in [-0.25, -0.2) is 13.1 Å². The van der Waals surface area contributed by atoms with Crippen molar-refractivity contribution < 1.29 is 13.2 Å². The van der Waals surface area contributed by atoms with Gasteiger partial charge < -0.3 is 5.32 Å². The van der Waals surface area contributed by atoms with Crippen molar-refractivity contribution in [2.24, 2.45) is 5.92 Å². The van der Waals surface area contributed by atoms with Gasteiger partial charge in [0.2, 0.25) is 15.9 Å². The van der Waals surface area contributed by atoms with Crippen LogP contribution in [-0.2, 0) is 21.2 Å². The highest BCUT2D eigenvalue weighted by Gasteiger charge is 2.14. The molecule has 0 radical (unpaired) electrons. The Morgan fingerprint density at radius 1 is 1.04 bits per heavy atom. The molecule has 0 spiro atoms. The molecule has 5 nitrogen and oxygen atoms in total. The number of carbonyl (C=O) groups is 1. The number of hydrogen-bond donors (Lipinski definition) is 2. The lowest BCUT2D eigenvalue weighted by molar-refractivity contribution is -0.119. The van der Waals surface area contributed by atoms with Crippen molar-refractivity contribution in [3.8, 4) is 0 Å². The molecule has 2 N–H and O–H groups in total. The van der Waals surface area contributed by atoms with Crippen LogP contribution in [0.25, 0.3) is 0 Å². The molecule has 0 saturated carbocycles. The van der Waals surface area contributed by atoms with Crippen molar-refractivity contribution in [2.45, 2.75) is 31.6 Å². The minimum atomic E-state index is -3.56. The molecule has 1 amide bonds. The van der Waals surface area contributed by atoms with Crippen LogP contribution in [0.4, 0.5) is 5.69 Å². The summed E-state index contributed by atoms with van der Waals surface area (Å²) in [5.74, 6) is -0.151. The van der Waals surface area contributed by atoms with E-state index in [1.165, 1.54) is 12.1 Å². The average Bonchev–Trinajstić information content (AvgIpc) is 2.62. The zero-order chi connectivity index (χ0) is 18.3. The Bertz CT molecular complexity index is 787. The molecular weight excluding hydrogens is 336 g/mol. The zero-order valence-electron chi connectivity index (χ0n) is 14.5. The lowest BCUT2D eigenvalue weighted by atomic mass is 10.1. The molecule has 2 aromatic carbocycles. The molecule has 134 valence electrons. The molecule has 6 heteroatoms. The number of carbonyl (C=O) groups excluding carboxylic acids is 1. The van der Waals surface area contributed by atoms with Crippen molar-refractivity contribution in [1.82, 2.24) is 4.72 Å². The van der Waals surface area contributed by atoms with Gasteiger partial charge in [-0.1, -0.05) is 44.2 Å². The second-order valence-corrected chi connectivity index (χ2v) is 7.72. The van der Waals surface area contributed by atoms with Crippen LogP contribution in [0.5, 0.6) is 0 Å². The van der Waals surface area contributed by atoms with E-state index in [0.717, 1.165) is 12.0 Å². The van der Waals surface area contributed by atoms with Gasteiger partial charge in [-0.2, -0.15) is 0 Å². The highest BCUT2D eigenvalue weighted by molar-refractivity contribution is 7.89. The summed E-state index contributed by atoms with van der Waals surface area (Å²) in [5, 5.41) is 2.78. The molecule has 0 fully saturated rings. The highest BCUT2D eigenvalue weighted by atomic mass is 32.2. The van der Waals surface area contributed by atoms with E-state index in [4.69, 9.17) is 0 Å². The first-order valence-corrected chi connectivity index (χ1v) is 9.85. The van der Waals surface area contributed by atoms with Crippen molar-refractivity contribution in [2.75, 3.05) is 11.9 Å². The lowest BCUT2D eigenvalue weighted by Crippen LogP contribution is -2.26. The number of amides is 1. The Labute approximate surface area is 149 Å². The standard InChI is InChI=1S/C19H24N2O3S/c1-3-15(2)19(22)21-17-9-11-18(12-10-17)25(23,24)20-14-13-16-7-5-4-6-8-16/h4-12,15,20H,3,13-14H2,1-2H3,(H,21,22). The lowest BCUT2D eigenvalue weighted by Gasteiger charge is -2.11. The van der Waals surface area contributed by atoms with Gasteiger partial charge in [0.15, 0.2) is 0 Å². The third-order valence-corrected chi connectivity index (χ3v) is 5.52. The van der Waals surface area contributed by atoms with E-state index in [1.807, 2.05) is 44.2 Å². The SMILES string of the molecule is CCC(C)C(=O)Nc1ccc(S(=O)(=O)NCCc2ccccc2)cc1. The third-order valence-electron chi connectivity index (χ3n) is 4.04. The number of benzene rings is 2. The molecule has 25 heavy (non-hydrogen) atoms. The summed E-state index contributed by atoms with van der Waals surface area (Å²) in [7, 11) is -3.56. The van der Waals surface area contributed by atoms with E-state index >= 15 is 0 Å². The summed E-state index contributed by atoms with van der Waals surface area (Å²) in [6.45, 7) is 4.13. The second-order valence-electron chi connectivity index (χ2n) is 5.96. The van der Waals surface area contributed by atoms with Crippen LogP contribution >= 0.6 is 0 Å². The van der Waals surface area contributed by atoms with Crippen LogP contribution in [0, 0.1) is 5.92 Å². The summed E-state index contributed by atoms with van der Waals surface area (Å²) in [6.07, 6.45) is 1.38. The van der Waals surface area contributed by atoms with Crippen LogP contribution in [0.15, 0.2) is 59.5 Å². The van der Waals surface area contributed by atoms with E-state index in [0.29, 0.717) is 18.7 Å². The molecule has 0 heterocycles. The smallest absolute Gasteiger partial charge is 0.240 e. The van der Waals surface area contributed by atoms with Crippen LogP contribution < -0.4 is 10.0 Å². The predicted molar refractivity (Wildman–Crippen MR) is 99.9 cm³/mol. The van der Waals surface area contributed by atoms with E-state index in [1.54, 1.807) is 12.1 Å². The van der Waals surface area contributed by atoms with Crippen molar-refractivity contribution in [1.29, 1.82) is 0 Å². The Morgan fingerprint density at radius 3 is 2.28 bits per heavy atom. The first kappa shape index (κ1) is 19.1. The van der Waals surface area contributed by atoms with Crippen molar-refractivity contribution in [3.63, 3.8) is 0 Å². The third kappa shape index (κ3) is 5.69. The Hall–Kier alpha value is -2.18. The van der Waals surface area contributed by atoms with E-state index in [9.17, 15) is 13.2 Å². The molecule has 0 aromatic heterocycles. The van der Waals surface area contributed by atoms with Gasteiger partial charge in [0.1, 0.15) is 0 Å². The maximum atomic E-state index is 12.3. The van der Waals surface area contributed by atoms with Gasteiger partial charge in [0.05, 0.1) is 4.90 Å². The fourth-order valence-electron chi connectivity index (χ4n) is 2.23. The molecule has 0 aliphatic heterocycles. The maximum absolute atomic E-state index is 12.3. The Morgan fingerprint density at radius 2 is 1.68 bits per heavy atom. The molecule has 1 unspecified atom stereocenters. The van der Waals surface area contributed by atoms with Crippen LogP contribution in [0.1, 0.15) is 25.8 Å². The van der Waals surface area contributed by atoms with E-state index < -0.39 is 10.0 Å². The fourth-order valence-corrected chi connectivity index (χ4v) is 3.26. The number of rotatable bonds is 8. The molecular formula is C19H24N2O3S. The van der Waals surface area contributed by atoms with Gasteiger partial charge in [-0.3, -0.25) is 4.79 Å². The number of anilines is 1. The predicted octanol–water partition coefficient (Wildman–Crippen LogP) is 3.19. The molecule has 0 saturated heterocycles. The number of nitrogens with one attached hydrogen (secondary N) is 2. The number of sulfonamides is 1. The van der Waals surface area contributed by atoms with Crippen molar-refractivity contribution in [3.05, 3.63) is 60.2 Å². The van der Waals surface area contributed by atoms with Gasteiger partial charge in [-0.15, -0.1) is 0 Å². The molecule has 0 bridgehead atoms. The minimum absolute atomic E-state index is 0.0703. The molecule has 0 aliphatic rings. The summed E-state index contributed by atoms with van der Waals surface area (Å²) < 4.78 is 27.2. The van der Waals surface area contributed by atoms with Gasteiger partial charge in [-0.05, 0) is 42.7 Å². The maximum Gasteiger partial charge on any atom is 0.240 e. The van der Waals surface area contributed by atoms with Gasteiger partial charge in [0, 0.05) is 18.2 Å². The quantitative estimate of drug-likeness (QED) is 0.759. The Balaban J connectivity index is 1.94. The monoisotopic (exact) mass is 360 g/mol. The first-order valence-electron chi connectivity index (χ1n) is 8.37. The van der Waals surface area contributed by atoms with E-state index in [2.05, 4.69) is 10.0 Å². The second kappa shape index (κ2) is 8.78. The normalized spacial score (nSPS) is 12.6. The van der Waals surface area contributed by atoms with E-state index in [-0.39, 0.29) is 16.7 Å². The van der Waals surface area contributed by atoms with Crippen LogP contribution in [-0.4, -0.2) is 20.9 Å². The summed E-state index contributed by atoms with van der Waals surface area (Å²) in [4.78, 5) is 12.0. The van der Waals surface area contributed by atoms with Crippen LogP contribution in [0.3, 0.4) is 0 Å². The first-order chi connectivity index (χ1) is 11.9. The molecule has 2 aromatic rings. The summed E-state index contributed by atoms with van der Waals surface area (Å²) >= 11 is 0. The average molecular weight is 360 g/mol. The molecule has 2 rings (SSSR count). The Kier molecular flexibility index (Phi) is 6.73. The topological polar surface area (TPSA) is 75.3 Å². The molecule has 0 aliphatic carbocycles. The zero-order valence-corrected chi connectivity index (χ0v) is 15.3. The number of hydrogen-bond acceptors (Lipinski definition) is 3. The van der Waals surface area contributed by atoms with Crippen molar-refractivity contribution >= 4 is 21.6 Å². The van der Waals surface area contributed by atoms with Crippen LogP contribution in [0.2, 0.25) is 0 Å². The highest BCUT2D eigenvalue weighted by Crippen LogP contribution is 2.15. The van der Waals surface area contributed by atoms with Gasteiger partial charge in [0.25, 0.3) is 0 Å². The van der Waals surface area contributed by atoms with Gasteiger partial charge >= 0.3 is 0 Å². The fraction of sp³-hybridized carbons (Fsp3) is 0.316. The summed E-state index contributed by atoms with van der Waals surface area (Å²) in [6, 6.07) is 15.9.